The molecule has 1 unspecified atom stereocenters. The Balaban J connectivity index is 1.81. The van der Waals surface area contributed by atoms with Crippen LogP contribution in [0.4, 0.5) is 17.1 Å². The molecule has 0 bridgehead atoms. The van der Waals surface area contributed by atoms with Crippen LogP contribution in [-0.4, -0.2) is 46.7 Å². The van der Waals surface area contributed by atoms with Crippen molar-refractivity contribution in [3.63, 3.8) is 0 Å². The van der Waals surface area contributed by atoms with E-state index in [2.05, 4.69) is 0 Å². The molecule has 4 rings (SSSR count). The molecule has 2 amide bonds. The van der Waals surface area contributed by atoms with E-state index in [-0.39, 0.29) is 18.4 Å². The fourth-order valence-corrected chi connectivity index (χ4v) is 3.99. The van der Waals surface area contributed by atoms with E-state index >= 15 is 0 Å². The average Bonchev–Trinajstić information content (AvgIpc) is 2.85. The average molecular weight is 446 g/mol. The largest absolute Gasteiger partial charge is 0.497 e. The van der Waals surface area contributed by atoms with E-state index in [0.29, 0.717) is 22.9 Å². The van der Waals surface area contributed by atoms with E-state index in [1.54, 1.807) is 49.5 Å². The minimum absolute atomic E-state index is 0.0739. The Hall–Kier alpha value is -4.00. The van der Waals surface area contributed by atoms with Crippen molar-refractivity contribution in [1.29, 1.82) is 0 Å². The number of hydrogen-bond donors (Lipinski definition) is 0. The van der Waals surface area contributed by atoms with Gasteiger partial charge in [-0.15, -0.1) is 0 Å². The van der Waals surface area contributed by atoms with Crippen LogP contribution in [0.25, 0.3) is 0 Å². The normalized spacial score (nSPS) is 16.1. The summed E-state index contributed by atoms with van der Waals surface area (Å²) in [5.74, 6) is 0.857. The van der Waals surface area contributed by atoms with Crippen molar-refractivity contribution in [2.75, 3.05) is 49.6 Å². The molecule has 0 aliphatic carbocycles. The Morgan fingerprint density at radius 1 is 0.818 bits per heavy atom. The smallest absolute Gasteiger partial charge is 0.255 e. The summed E-state index contributed by atoms with van der Waals surface area (Å²) < 4.78 is 10.7. The van der Waals surface area contributed by atoms with Gasteiger partial charge in [0.2, 0.25) is 5.91 Å². The zero-order valence-corrected chi connectivity index (χ0v) is 19.2. The number of ether oxygens (including phenoxy) is 2. The molecule has 170 valence electrons. The number of methoxy groups -OCH3 is 2. The second-order valence-electron chi connectivity index (χ2n) is 7.98. The second-order valence-corrected chi connectivity index (χ2v) is 7.98. The van der Waals surface area contributed by atoms with Crippen LogP contribution >= 0.6 is 0 Å². The summed E-state index contributed by atoms with van der Waals surface area (Å²) in [7, 11) is 7.06. The van der Waals surface area contributed by atoms with Gasteiger partial charge in [-0.25, -0.2) is 0 Å². The molecule has 7 nitrogen and oxygen atoms in total. The topological polar surface area (TPSA) is 62.3 Å². The Morgan fingerprint density at radius 3 is 1.97 bits per heavy atom. The van der Waals surface area contributed by atoms with Gasteiger partial charge in [-0.3, -0.25) is 14.5 Å². The molecule has 0 saturated carbocycles. The first-order valence-corrected chi connectivity index (χ1v) is 10.6. The summed E-state index contributed by atoms with van der Waals surface area (Å²) in [4.78, 5) is 32.4. The van der Waals surface area contributed by atoms with Crippen LogP contribution in [0.5, 0.6) is 11.5 Å². The quantitative estimate of drug-likeness (QED) is 0.576. The second kappa shape index (κ2) is 9.24. The highest BCUT2D eigenvalue weighted by molar-refractivity contribution is 6.14. The molecule has 1 atom stereocenters. The fraction of sp³-hybridized carbons (Fsp3) is 0.231. The van der Waals surface area contributed by atoms with Crippen LogP contribution in [0.2, 0.25) is 0 Å². The number of piperazine rings is 1. The first-order valence-electron chi connectivity index (χ1n) is 10.6. The van der Waals surface area contributed by atoms with Crippen molar-refractivity contribution < 1.29 is 19.1 Å². The van der Waals surface area contributed by atoms with E-state index in [9.17, 15) is 9.59 Å². The van der Waals surface area contributed by atoms with Crippen LogP contribution in [-0.2, 0) is 9.59 Å². The Morgan fingerprint density at radius 2 is 1.39 bits per heavy atom. The summed E-state index contributed by atoms with van der Waals surface area (Å²) in [6, 6.07) is 21.3. The van der Waals surface area contributed by atoms with Crippen LogP contribution in [0.15, 0.2) is 72.8 Å². The lowest BCUT2D eigenvalue weighted by Gasteiger charge is -2.40. The van der Waals surface area contributed by atoms with E-state index < -0.39 is 6.04 Å². The molecule has 1 aliphatic rings. The first-order chi connectivity index (χ1) is 15.9. The molecule has 33 heavy (non-hydrogen) atoms. The van der Waals surface area contributed by atoms with E-state index in [4.69, 9.17) is 9.47 Å². The molecule has 1 heterocycles. The zero-order valence-electron chi connectivity index (χ0n) is 19.2. The summed E-state index contributed by atoms with van der Waals surface area (Å²) >= 11 is 0. The Labute approximate surface area is 193 Å². The number of carbonyl (C=O) groups excluding carboxylic acids is 2. The van der Waals surface area contributed by atoms with Gasteiger partial charge in [0.05, 0.1) is 14.2 Å². The number of hydrogen-bond acceptors (Lipinski definition) is 5. The molecule has 1 saturated heterocycles. The summed E-state index contributed by atoms with van der Waals surface area (Å²) in [5, 5.41) is 0. The molecule has 0 spiro atoms. The number of nitrogens with zero attached hydrogens (tertiary/aromatic N) is 3. The van der Waals surface area contributed by atoms with E-state index in [1.807, 2.05) is 61.5 Å². The van der Waals surface area contributed by atoms with Gasteiger partial charge in [0, 0.05) is 43.3 Å². The number of benzene rings is 3. The first kappa shape index (κ1) is 22.2. The fourth-order valence-electron chi connectivity index (χ4n) is 3.99. The van der Waals surface area contributed by atoms with E-state index in [0.717, 1.165) is 11.3 Å². The minimum Gasteiger partial charge on any atom is -0.497 e. The molecule has 1 aliphatic heterocycles. The van der Waals surface area contributed by atoms with Gasteiger partial charge in [-0.1, -0.05) is 24.3 Å². The van der Waals surface area contributed by atoms with Gasteiger partial charge in [-0.2, -0.15) is 0 Å². The Bertz CT molecular complexity index is 1160. The van der Waals surface area contributed by atoms with Crippen molar-refractivity contribution in [3.05, 3.63) is 78.4 Å². The third-order valence-electron chi connectivity index (χ3n) is 5.74. The summed E-state index contributed by atoms with van der Waals surface area (Å²) in [6.45, 7) is -0.0739. The van der Waals surface area contributed by atoms with Crippen molar-refractivity contribution in [1.82, 2.24) is 0 Å². The third kappa shape index (κ3) is 4.35. The van der Waals surface area contributed by atoms with E-state index in [1.165, 1.54) is 4.90 Å². The van der Waals surface area contributed by atoms with Gasteiger partial charge >= 0.3 is 0 Å². The molecule has 0 aromatic heterocycles. The molecule has 0 N–H and O–H groups in total. The molecular weight excluding hydrogens is 418 g/mol. The molecule has 3 aromatic carbocycles. The van der Waals surface area contributed by atoms with Gasteiger partial charge in [0.1, 0.15) is 24.1 Å². The van der Waals surface area contributed by atoms with Crippen molar-refractivity contribution in [2.45, 2.75) is 6.04 Å². The van der Waals surface area contributed by atoms with Crippen molar-refractivity contribution in [2.24, 2.45) is 0 Å². The maximum Gasteiger partial charge on any atom is 0.255 e. The van der Waals surface area contributed by atoms with Gasteiger partial charge in [0.15, 0.2) is 0 Å². The maximum absolute atomic E-state index is 13.9. The standard InChI is InChI=1S/C26H27N3O4/c1-27(2)19-13-11-18(12-14-19)25-26(31)28(20-7-5-9-22(15-20)32-3)17-24(30)29(25)21-8-6-10-23(16-21)33-4/h5-16,25H,17H2,1-4H3. The van der Waals surface area contributed by atoms with Crippen LogP contribution < -0.4 is 24.2 Å². The van der Waals surface area contributed by atoms with Crippen molar-refractivity contribution >= 4 is 28.9 Å². The lowest BCUT2D eigenvalue weighted by atomic mass is 9.99. The SMILES string of the molecule is COc1cccc(N2CC(=O)N(c3cccc(OC)c3)C(c3ccc(N(C)C)cc3)C2=O)c1. The predicted molar refractivity (Wildman–Crippen MR) is 129 cm³/mol. The summed E-state index contributed by atoms with van der Waals surface area (Å²) in [6.07, 6.45) is 0. The summed E-state index contributed by atoms with van der Waals surface area (Å²) in [5.41, 5.74) is 2.97. The minimum atomic E-state index is -0.819. The number of rotatable bonds is 6. The van der Waals surface area contributed by atoms with Gasteiger partial charge in [-0.05, 0) is 42.0 Å². The van der Waals surface area contributed by atoms with Crippen LogP contribution in [0.1, 0.15) is 11.6 Å². The zero-order chi connectivity index (χ0) is 23.5. The van der Waals surface area contributed by atoms with Crippen LogP contribution in [0.3, 0.4) is 0 Å². The van der Waals surface area contributed by atoms with Gasteiger partial charge < -0.3 is 19.3 Å². The number of amides is 2. The third-order valence-corrected chi connectivity index (χ3v) is 5.74. The molecule has 0 radical (unpaired) electrons. The molecular formula is C26H27N3O4. The van der Waals surface area contributed by atoms with Crippen LogP contribution in [0, 0.1) is 0 Å². The molecule has 7 heteroatoms. The monoisotopic (exact) mass is 445 g/mol. The Kier molecular flexibility index (Phi) is 6.22. The number of carbonyl (C=O) groups is 2. The number of anilines is 3. The molecule has 1 fully saturated rings. The molecule has 3 aromatic rings. The van der Waals surface area contributed by atoms with Crippen molar-refractivity contribution in [3.8, 4) is 11.5 Å². The maximum atomic E-state index is 13.9. The lowest BCUT2D eigenvalue weighted by Crippen LogP contribution is -2.56. The highest BCUT2D eigenvalue weighted by Gasteiger charge is 2.42. The highest BCUT2D eigenvalue weighted by Crippen LogP contribution is 2.36. The van der Waals surface area contributed by atoms with Gasteiger partial charge in [0.25, 0.3) is 5.91 Å². The lowest BCUT2D eigenvalue weighted by molar-refractivity contribution is -0.128. The predicted octanol–water partition coefficient (Wildman–Crippen LogP) is 3.89. The highest BCUT2D eigenvalue weighted by atomic mass is 16.5.